The second kappa shape index (κ2) is 6.07. The van der Waals surface area contributed by atoms with Crippen molar-refractivity contribution in [2.24, 2.45) is 4.99 Å². The predicted octanol–water partition coefficient (Wildman–Crippen LogP) is 4.82. The molecule has 0 atom stereocenters. The molecule has 23 heavy (non-hydrogen) atoms. The molecule has 1 aliphatic heterocycles. The van der Waals surface area contributed by atoms with Gasteiger partial charge >= 0.3 is 0 Å². The van der Waals surface area contributed by atoms with E-state index in [1.165, 1.54) is 27.6 Å². The Morgan fingerprint density at radius 1 is 1.00 bits per heavy atom. The smallest absolute Gasteiger partial charge is 0.137 e. The number of aryl methyl sites for hydroxylation is 3. The lowest BCUT2D eigenvalue weighted by Gasteiger charge is -2.15. The Balaban J connectivity index is 2.36. The molecular formula is C20H24N2O. The summed E-state index contributed by atoms with van der Waals surface area (Å²) in [6.07, 6.45) is 0. The van der Waals surface area contributed by atoms with Crippen LogP contribution in [0, 0.1) is 20.8 Å². The summed E-state index contributed by atoms with van der Waals surface area (Å²) >= 11 is 0. The molecule has 1 aromatic rings. The summed E-state index contributed by atoms with van der Waals surface area (Å²) in [5.41, 5.74) is 6.92. The second-order valence-corrected chi connectivity index (χ2v) is 6.03. The summed E-state index contributed by atoms with van der Waals surface area (Å²) in [5.74, 6) is 0.902. The van der Waals surface area contributed by atoms with E-state index in [1.807, 2.05) is 0 Å². The van der Waals surface area contributed by atoms with Crippen molar-refractivity contribution in [3.8, 4) is 11.3 Å². The highest BCUT2D eigenvalue weighted by Crippen LogP contribution is 2.35. The van der Waals surface area contributed by atoms with E-state index in [9.17, 15) is 0 Å². The minimum Gasteiger partial charge on any atom is -0.456 e. The molecule has 0 fully saturated rings. The molecule has 0 spiro atoms. The largest absolute Gasteiger partial charge is 0.456 e. The molecule has 0 bridgehead atoms. The second-order valence-electron chi connectivity index (χ2n) is 6.03. The van der Waals surface area contributed by atoms with Crippen LogP contribution in [0.5, 0.6) is 0 Å². The fourth-order valence-electron chi connectivity index (χ4n) is 3.11. The minimum absolute atomic E-state index is 0.780. The van der Waals surface area contributed by atoms with E-state index in [2.05, 4.69) is 69.2 Å². The zero-order valence-corrected chi connectivity index (χ0v) is 14.6. The van der Waals surface area contributed by atoms with Crippen LogP contribution in [0.2, 0.25) is 0 Å². The van der Waals surface area contributed by atoms with Crippen molar-refractivity contribution < 1.29 is 4.42 Å². The van der Waals surface area contributed by atoms with Crippen molar-refractivity contribution in [2.45, 2.75) is 34.6 Å². The molecule has 0 saturated carbocycles. The van der Waals surface area contributed by atoms with Gasteiger partial charge in [0, 0.05) is 41.9 Å². The van der Waals surface area contributed by atoms with Gasteiger partial charge in [0.2, 0.25) is 0 Å². The molecule has 0 unspecified atom stereocenters. The fraction of sp³-hybridized carbons (Fsp3) is 0.350. The third-order valence-electron chi connectivity index (χ3n) is 4.35. The highest BCUT2D eigenvalue weighted by Gasteiger charge is 2.15. The van der Waals surface area contributed by atoms with Crippen LogP contribution in [0.1, 0.15) is 30.5 Å². The molecule has 0 saturated heterocycles. The number of rotatable bonds is 3. The summed E-state index contributed by atoms with van der Waals surface area (Å²) < 4.78 is 6.21. The monoisotopic (exact) mass is 308 g/mol. The summed E-state index contributed by atoms with van der Waals surface area (Å²) in [5, 5.41) is 5.59. The number of fused-ring (bicyclic) bond motifs is 2. The maximum atomic E-state index is 6.21. The Bertz CT molecular complexity index is 906. The third kappa shape index (κ3) is 2.72. The van der Waals surface area contributed by atoms with E-state index in [0.29, 0.717) is 0 Å². The Hall–Kier alpha value is -2.29. The van der Waals surface area contributed by atoms with E-state index in [4.69, 9.17) is 4.42 Å². The normalized spacial score (nSPS) is 12.3. The van der Waals surface area contributed by atoms with Crippen LogP contribution in [0.4, 0.5) is 5.69 Å². The van der Waals surface area contributed by atoms with Crippen LogP contribution < -0.4 is 10.7 Å². The molecule has 120 valence electrons. The number of anilines is 1. The van der Waals surface area contributed by atoms with Crippen molar-refractivity contribution in [3.63, 3.8) is 0 Å². The van der Waals surface area contributed by atoms with Crippen molar-refractivity contribution in [2.75, 3.05) is 18.4 Å². The highest BCUT2D eigenvalue weighted by molar-refractivity contribution is 5.90. The molecule has 3 rings (SSSR count). The van der Waals surface area contributed by atoms with Crippen molar-refractivity contribution >= 4 is 16.7 Å². The summed E-state index contributed by atoms with van der Waals surface area (Å²) in [6, 6.07) is 8.57. The van der Waals surface area contributed by atoms with Gasteiger partial charge in [-0.3, -0.25) is 4.99 Å². The molecular weight excluding hydrogens is 284 g/mol. The van der Waals surface area contributed by atoms with Gasteiger partial charge in [0.15, 0.2) is 0 Å². The van der Waals surface area contributed by atoms with Crippen LogP contribution in [-0.2, 0) is 0 Å². The zero-order valence-electron chi connectivity index (χ0n) is 14.6. The topological polar surface area (TPSA) is 37.5 Å². The van der Waals surface area contributed by atoms with E-state index in [-0.39, 0.29) is 0 Å². The van der Waals surface area contributed by atoms with Crippen LogP contribution in [0.25, 0.3) is 22.3 Å². The van der Waals surface area contributed by atoms with Gasteiger partial charge in [-0.15, -0.1) is 0 Å². The van der Waals surface area contributed by atoms with Gasteiger partial charge in [-0.25, -0.2) is 0 Å². The first kappa shape index (κ1) is 15.6. The maximum absolute atomic E-state index is 6.21. The van der Waals surface area contributed by atoms with Crippen molar-refractivity contribution in [1.29, 1.82) is 0 Å². The zero-order chi connectivity index (χ0) is 16.6. The van der Waals surface area contributed by atoms with Crippen LogP contribution in [-0.4, -0.2) is 13.1 Å². The van der Waals surface area contributed by atoms with E-state index >= 15 is 0 Å². The number of hydrogen-bond donors (Lipinski definition) is 1. The maximum Gasteiger partial charge on any atom is 0.137 e. The van der Waals surface area contributed by atoms with Crippen LogP contribution in [0.15, 0.2) is 33.7 Å². The quantitative estimate of drug-likeness (QED) is 0.705. The summed E-state index contributed by atoms with van der Waals surface area (Å²) in [7, 11) is 0. The van der Waals surface area contributed by atoms with Gasteiger partial charge in [0.05, 0.1) is 5.36 Å². The first-order valence-corrected chi connectivity index (χ1v) is 8.28. The summed E-state index contributed by atoms with van der Waals surface area (Å²) in [4.78, 5) is 4.55. The molecule has 2 aliphatic rings. The molecule has 0 amide bonds. The number of benzene rings is 2. The molecule has 1 N–H and O–H groups in total. The Morgan fingerprint density at radius 3 is 2.48 bits per heavy atom. The first-order valence-electron chi connectivity index (χ1n) is 8.28. The Kier molecular flexibility index (Phi) is 4.12. The summed E-state index contributed by atoms with van der Waals surface area (Å²) in [6.45, 7) is 12.3. The lowest BCUT2D eigenvalue weighted by Crippen LogP contribution is -2.09. The lowest BCUT2D eigenvalue weighted by molar-refractivity contribution is 0.617. The standard InChI is InChI=1S/C20H24N2O/c1-6-21-17-10-19-15(8-12(17)3)14(5)16-9-13(4)18(22-7-2)11-20(16)23-19/h8-11,21H,6-7H2,1-5H3/b22-18-. The fourth-order valence-corrected chi connectivity index (χ4v) is 3.11. The Labute approximate surface area is 137 Å². The number of hydrogen-bond acceptors (Lipinski definition) is 3. The van der Waals surface area contributed by atoms with Crippen LogP contribution >= 0.6 is 0 Å². The van der Waals surface area contributed by atoms with Gasteiger partial charge in [-0.1, -0.05) is 0 Å². The average molecular weight is 308 g/mol. The third-order valence-corrected chi connectivity index (χ3v) is 4.35. The van der Waals surface area contributed by atoms with Gasteiger partial charge in [-0.05, 0) is 63.4 Å². The molecule has 1 heterocycles. The van der Waals surface area contributed by atoms with Crippen molar-refractivity contribution in [3.05, 3.63) is 46.3 Å². The number of nitrogens with zero attached hydrogens (tertiary/aromatic N) is 1. The SMILES string of the molecule is CC/N=c1/cc2oc3cc(NCC)c(C)cc3c(C)c-2cc1C. The molecule has 3 nitrogen and oxygen atoms in total. The molecule has 1 aliphatic carbocycles. The minimum atomic E-state index is 0.780. The average Bonchev–Trinajstić information content (AvgIpc) is 2.52. The van der Waals surface area contributed by atoms with Crippen molar-refractivity contribution in [1.82, 2.24) is 0 Å². The van der Waals surface area contributed by atoms with E-state index in [0.717, 1.165) is 35.5 Å². The number of nitrogens with one attached hydrogen (secondary N) is 1. The van der Waals surface area contributed by atoms with Gasteiger partial charge in [-0.2, -0.15) is 0 Å². The van der Waals surface area contributed by atoms with E-state index in [1.54, 1.807) is 0 Å². The molecule has 0 aromatic heterocycles. The van der Waals surface area contributed by atoms with E-state index < -0.39 is 0 Å². The molecule has 1 aromatic carbocycles. The molecule has 3 heteroatoms. The lowest BCUT2D eigenvalue weighted by atomic mass is 9.97. The Morgan fingerprint density at radius 2 is 1.78 bits per heavy atom. The van der Waals surface area contributed by atoms with Gasteiger partial charge in [0.25, 0.3) is 0 Å². The van der Waals surface area contributed by atoms with Gasteiger partial charge < -0.3 is 9.73 Å². The van der Waals surface area contributed by atoms with Gasteiger partial charge in [0.1, 0.15) is 11.3 Å². The van der Waals surface area contributed by atoms with Crippen LogP contribution in [0.3, 0.4) is 0 Å². The first-order chi connectivity index (χ1) is 11.0. The molecule has 0 radical (unpaired) electrons. The highest BCUT2D eigenvalue weighted by atomic mass is 16.3. The predicted molar refractivity (Wildman–Crippen MR) is 97.3 cm³/mol.